The zero-order valence-corrected chi connectivity index (χ0v) is 28.8. The smallest absolute Gasteiger partial charge is 0.341 e. The summed E-state index contributed by atoms with van der Waals surface area (Å²) in [6.45, 7) is 8.53. The van der Waals surface area contributed by atoms with E-state index in [1.165, 1.54) is 48.8 Å². The molecular weight excluding hydrogens is 696 g/mol. The number of aromatic hydroxyl groups is 6. The van der Waals surface area contributed by atoms with Crippen molar-refractivity contribution in [1.29, 1.82) is 0 Å². The summed E-state index contributed by atoms with van der Waals surface area (Å²) < 4.78 is 3.35. The van der Waals surface area contributed by atoms with Crippen molar-refractivity contribution >= 4 is 34.0 Å². The maximum atomic E-state index is 11.9. The van der Waals surface area contributed by atoms with E-state index in [9.17, 15) is 19.2 Å². The molecule has 0 aliphatic carbocycles. The monoisotopic (exact) mass is 734 g/mol. The first-order valence-corrected chi connectivity index (χ1v) is 15.4. The third-order valence-electron chi connectivity index (χ3n) is 7.25. The largest absolute Gasteiger partial charge is 0.504 e. The van der Waals surface area contributed by atoms with E-state index in [0.29, 0.717) is 35.2 Å². The molecule has 0 unspecified atom stereocenters. The van der Waals surface area contributed by atoms with Gasteiger partial charge in [0.15, 0.2) is 34.5 Å². The first kappa shape index (κ1) is 42.0. The van der Waals surface area contributed by atoms with Crippen LogP contribution in [0.25, 0.3) is 22.1 Å². The number of carboxylic acids is 2. The van der Waals surface area contributed by atoms with E-state index in [4.69, 9.17) is 40.9 Å². The number of para-hydroxylation sites is 2. The minimum Gasteiger partial charge on any atom is -0.504 e. The number of phenols is 6. The Bertz CT molecular complexity index is 2180. The second-order valence-corrected chi connectivity index (χ2v) is 10.9. The summed E-state index contributed by atoms with van der Waals surface area (Å²) in [5.41, 5.74) is 1.25. The van der Waals surface area contributed by atoms with Gasteiger partial charge in [-0.1, -0.05) is 12.1 Å². The zero-order chi connectivity index (χ0) is 38.9. The van der Waals surface area contributed by atoms with Gasteiger partial charge in [-0.15, -0.1) is 0 Å². The number of aryl methyl sites for hydroxylation is 4. The van der Waals surface area contributed by atoms with Gasteiger partial charge < -0.3 is 55.5 Å². The molecule has 0 saturated heterocycles. The van der Waals surface area contributed by atoms with Gasteiger partial charge in [0.05, 0.1) is 10.8 Å². The predicted molar refractivity (Wildman–Crippen MR) is 193 cm³/mol. The van der Waals surface area contributed by atoms with E-state index < -0.39 is 34.3 Å². The molecule has 6 aromatic rings. The average molecular weight is 735 g/mol. The van der Waals surface area contributed by atoms with Gasteiger partial charge in [0.1, 0.15) is 22.4 Å². The SMILES string of the molecule is CCn1cc(C(=O)O)c(=O)c2ccc(C)nc21.CCn1cc(C(=O)O)c(=O)c2ccc(C)nc21.O.Oc1cccc(O)c1O.Oc1cccc(O)c1O. The lowest BCUT2D eigenvalue weighted by Crippen LogP contribution is -2.19. The Balaban J connectivity index is 0.000000254. The van der Waals surface area contributed by atoms with Gasteiger partial charge >= 0.3 is 11.9 Å². The fourth-order valence-electron chi connectivity index (χ4n) is 4.55. The van der Waals surface area contributed by atoms with Gasteiger partial charge in [-0.25, -0.2) is 19.6 Å². The average Bonchev–Trinajstić information content (AvgIpc) is 3.10. The molecule has 280 valence electrons. The molecule has 0 saturated carbocycles. The summed E-state index contributed by atoms with van der Waals surface area (Å²) in [7, 11) is 0. The summed E-state index contributed by atoms with van der Waals surface area (Å²) in [5.74, 6) is -4.61. The maximum absolute atomic E-state index is 11.9. The normalized spacial score (nSPS) is 10.0. The third kappa shape index (κ3) is 9.98. The van der Waals surface area contributed by atoms with Crippen molar-refractivity contribution < 1.29 is 55.9 Å². The first-order valence-electron chi connectivity index (χ1n) is 15.4. The second-order valence-electron chi connectivity index (χ2n) is 10.9. The molecule has 0 atom stereocenters. The number of hydrogen-bond acceptors (Lipinski definition) is 12. The van der Waals surface area contributed by atoms with E-state index >= 15 is 0 Å². The highest BCUT2D eigenvalue weighted by atomic mass is 16.4. The van der Waals surface area contributed by atoms with E-state index in [0.717, 1.165) is 11.4 Å². The fraction of sp³-hybridized carbons (Fsp3) is 0.167. The van der Waals surface area contributed by atoms with E-state index in [-0.39, 0.29) is 39.6 Å². The molecular formula is C36H38N4O13. The number of aromatic carboxylic acids is 2. The highest BCUT2D eigenvalue weighted by molar-refractivity contribution is 5.92. The highest BCUT2D eigenvalue weighted by Crippen LogP contribution is 2.33. The molecule has 4 aromatic heterocycles. The lowest BCUT2D eigenvalue weighted by molar-refractivity contribution is 0.0684. The minimum absolute atomic E-state index is 0. The summed E-state index contributed by atoms with van der Waals surface area (Å²) in [6, 6.07) is 14.7. The number of carbonyl (C=O) groups is 2. The lowest BCUT2D eigenvalue weighted by atomic mass is 10.2. The predicted octanol–water partition coefficient (Wildman–Crippen LogP) is 3.63. The maximum Gasteiger partial charge on any atom is 0.341 e. The number of aromatic nitrogens is 4. The van der Waals surface area contributed by atoms with Crippen LogP contribution < -0.4 is 10.9 Å². The van der Waals surface area contributed by atoms with Crippen LogP contribution >= 0.6 is 0 Å². The van der Waals surface area contributed by atoms with Crippen LogP contribution in [0.4, 0.5) is 0 Å². The molecule has 0 fully saturated rings. The highest BCUT2D eigenvalue weighted by Gasteiger charge is 2.16. The van der Waals surface area contributed by atoms with Crippen molar-refractivity contribution in [1.82, 2.24) is 19.1 Å². The Labute approximate surface area is 300 Å². The Morgan fingerprint density at radius 2 is 0.868 bits per heavy atom. The molecule has 0 spiro atoms. The number of carboxylic acid groups (broad SMARTS) is 2. The van der Waals surface area contributed by atoms with Crippen LogP contribution in [0, 0.1) is 13.8 Å². The molecule has 17 nitrogen and oxygen atoms in total. The third-order valence-corrected chi connectivity index (χ3v) is 7.25. The van der Waals surface area contributed by atoms with Crippen molar-refractivity contribution in [2.45, 2.75) is 40.8 Å². The molecule has 0 aliphatic rings. The Kier molecular flexibility index (Phi) is 14.4. The molecule has 53 heavy (non-hydrogen) atoms. The van der Waals surface area contributed by atoms with E-state index in [2.05, 4.69) is 9.97 Å². The van der Waals surface area contributed by atoms with Crippen molar-refractivity contribution in [3.63, 3.8) is 0 Å². The lowest BCUT2D eigenvalue weighted by Gasteiger charge is -2.09. The fourth-order valence-corrected chi connectivity index (χ4v) is 4.55. The van der Waals surface area contributed by atoms with Crippen molar-refractivity contribution in [3.8, 4) is 34.5 Å². The van der Waals surface area contributed by atoms with Crippen LogP contribution in [-0.4, -0.2) is 77.4 Å². The van der Waals surface area contributed by atoms with E-state index in [1.54, 1.807) is 33.4 Å². The summed E-state index contributed by atoms with van der Waals surface area (Å²) in [4.78, 5) is 54.3. The van der Waals surface area contributed by atoms with Crippen LogP contribution in [0.3, 0.4) is 0 Å². The Hall–Kier alpha value is -7.14. The Morgan fingerprint density at radius 1 is 0.566 bits per heavy atom. The number of rotatable bonds is 4. The van der Waals surface area contributed by atoms with Crippen molar-refractivity contribution in [3.05, 3.63) is 116 Å². The van der Waals surface area contributed by atoms with Gasteiger partial charge in [0.2, 0.25) is 10.9 Å². The van der Waals surface area contributed by atoms with Gasteiger partial charge in [-0.2, -0.15) is 0 Å². The number of phenolic OH excluding ortho intramolecular Hbond substituents is 6. The van der Waals surface area contributed by atoms with E-state index in [1.807, 2.05) is 27.7 Å². The Morgan fingerprint density at radius 3 is 1.11 bits per heavy atom. The van der Waals surface area contributed by atoms with Crippen molar-refractivity contribution in [2.24, 2.45) is 0 Å². The summed E-state index contributed by atoms with van der Waals surface area (Å²) in [5, 5.41) is 70.8. The van der Waals surface area contributed by atoms with Gasteiger partial charge in [0.25, 0.3) is 0 Å². The van der Waals surface area contributed by atoms with Crippen LogP contribution in [-0.2, 0) is 13.1 Å². The number of fused-ring (bicyclic) bond motifs is 2. The molecule has 0 bridgehead atoms. The van der Waals surface area contributed by atoms with Gasteiger partial charge in [0, 0.05) is 36.9 Å². The first-order chi connectivity index (χ1) is 24.5. The standard InChI is InChI=1S/2C12H12N2O3.2C6H6O3.H2O/c2*1-3-14-6-9(12(16)17)10(15)8-5-4-7(2)13-11(8)14;2*7-4-2-1-3-5(8)6(4)9;/h2*4-6H,3H2,1-2H3,(H,16,17);2*1-3,7-9H;1H2. The van der Waals surface area contributed by atoms with Gasteiger partial charge in [-0.05, 0) is 76.2 Å². The molecule has 0 radical (unpaired) electrons. The second kappa shape index (κ2) is 18.2. The quantitative estimate of drug-likeness (QED) is 0.120. The molecule has 10 N–H and O–H groups in total. The molecule has 17 heteroatoms. The summed E-state index contributed by atoms with van der Waals surface area (Å²) >= 11 is 0. The minimum atomic E-state index is -1.21. The number of hydrogen-bond donors (Lipinski definition) is 8. The number of nitrogens with zero attached hydrogens (tertiary/aromatic N) is 4. The van der Waals surface area contributed by atoms with Crippen LogP contribution in [0.1, 0.15) is 46.0 Å². The molecule has 0 aliphatic heterocycles. The van der Waals surface area contributed by atoms with Crippen molar-refractivity contribution in [2.75, 3.05) is 0 Å². The van der Waals surface area contributed by atoms with Crippen LogP contribution in [0.5, 0.6) is 34.5 Å². The molecule has 2 aromatic carbocycles. The topological polar surface area (TPSA) is 297 Å². The molecule has 0 amide bonds. The summed E-state index contributed by atoms with van der Waals surface area (Å²) in [6.07, 6.45) is 2.69. The molecule has 6 rings (SSSR count). The molecule has 4 heterocycles. The van der Waals surface area contributed by atoms with Crippen LogP contribution in [0.2, 0.25) is 0 Å². The van der Waals surface area contributed by atoms with Gasteiger partial charge in [-0.3, -0.25) is 9.59 Å². The van der Waals surface area contributed by atoms with Crippen LogP contribution in [0.15, 0.2) is 82.6 Å². The zero-order valence-electron chi connectivity index (χ0n) is 28.8. The number of benzene rings is 2. The number of pyridine rings is 4.